The smallest absolute Gasteiger partial charge is 0.138 e. The van der Waals surface area contributed by atoms with Crippen LogP contribution in [0, 0.1) is 0 Å². The second-order valence-electron chi connectivity index (χ2n) is 1.22. The van der Waals surface area contributed by atoms with Crippen molar-refractivity contribution in [3.63, 3.8) is 0 Å². The highest BCUT2D eigenvalue weighted by Gasteiger charge is 1.99. The Morgan fingerprint density at radius 2 is 2.71 bits per heavy atom. The second-order valence-corrected chi connectivity index (χ2v) is 1.69. The van der Waals surface area contributed by atoms with Crippen LogP contribution in [0.3, 0.4) is 0 Å². The van der Waals surface area contributed by atoms with Crippen molar-refractivity contribution in [1.29, 1.82) is 0 Å². The summed E-state index contributed by atoms with van der Waals surface area (Å²) in [7, 11) is 0. The van der Waals surface area contributed by atoms with Crippen LogP contribution in [0.15, 0.2) is 4.99 Å². The largest absolute Gasteiger partial charge is 0.352 e. The molecule has 0 aliphatic carbocycles. The lowest BCUT2D eigenvalue weighted by Gasteiger charge is -2.13. The van der Waals surface area contributed by atoms with Crippen LogP contribution in [-0.2, 0) is 0 Å². The number of hydrogen-bond acceptors (Lipinski definition) is 3. The zero-order valence-corrected chi connectivity index (χ0v) is 4.53. The third-order valence-electron chi connectivity index (χ3n) is 0.685. The van der Waals surface area contributed by atoms with E-state index in [-0.39, 0.29) is 5.50 Å². The third kappa shape index (κ3) is 1.36. The third-order valence-corrected chi connectivity index (χ3v) is 0.988. The first-order chi connectivity index (χ1) is 3.39. The molecule has 0 aromatic heterocycles. The molecule has 0 fully saturated rings. The van der Waals surface area contributed by atoms with Crippen molar-refractivity contribution in [1.82, 2.24) is 10.6 Å². The fraction of sp³-hybridized carbons (Fsp3) is 0.667. The zero-order chi connectivity index (χ0) is 5.11. The van der Waals surface area contributed by atoms with E-state index in [1.165, 1.54) is 0 Å². The predicted molar refractivity (Wildman–Crippen MR) is 31.0 cm³/mol. The number of nitrogens with zero attached hydrogens (tertiary/aromatic N) is 1. The van der Waals surface area contributed by atoms with Crippen molar-refractivity contribution in [3.8, 4) is 0 Å². The fourth-order valence-corrected chi connectivity index (χ4v) is 0.496. The minimum absolute atomic E-state index is 0.0301. The van der Waals surface area contributed by atoms with E-state index in [1.807, 2.05) is 0 Å². The van der Waals surface area contributed by atoms with Gasteiger partial charge in [0, 0.05) is 0 Å². The van der Waals surface area contributed by atoms with Gasteiger partial charge in [0.25, 0.3) is 0 Å². The van der Waals surface area contributed by atoms with E-state index < -0.39 is 0 Å². The predicted octanol–water partition coefficient (Wildman–Crippen LogP) is -0.354. The molecule has 1 heterocycles. The zero-order valence-electron chi connectivity index (χ0n) is 3.72. The topological polar surface area (TPSA) is 36.4 Å². The highest BCUT2D eigenvalue weighted by atomic mass is 32.1. The fourth-order valence-electron chi connectivity index (χ4n) is 0.361. The van der Waals surface area contributed by atoms with Gasteiger partial charge in [0.1, 0.15) is 5.50 Å². The molecule has 0 aromatic carbocycles. The molecule has 3 nitrogen and oxygen atoms in total. The summed E-state index contributed by atoms with van der Waals surface area (Å²) in [5.41, 5.74) is -0.0301. The quantitative estimate of drug-likeness (QED) is 0.453. The molecule has 1 rings (SSSR count). The monoisotopic (exact) mass is 116 g/mol. The van der Waals surface area contributed by atoms with E-state index in [9.17, 15) is 0 Å². The Balaban J connectivity index is 2.32. The number of aliphatic imine (C=N–C) groups is 1. The molecule has 0 spiro atoms. The minimum Gasteiger partial charge on any atom is -0.352 e. The summed E-state index contributed by atoms with van der Waals surface area (Å²) in [5.74, 6) is 0. The van der Waals surface area contributed by atoms with Crippen LogP contribution in [0.2, 0.25) is 0 Å². The molecule has 7 heavy (non-hydrogen) atoms. The summed E-state index contributed by atoms with van der Waals surface area (Å²) in [6, 6.07) is 0. The Morgan fingerprint density at radius 3 is 3.00 bits per heavy atom. The summed E-state index contributed by atoms with van der Waals surface area (Å²) in [5, 5.41) is 5.68. The minimum atomic E-state index is -0.0301. The molecule has 1 atom stereocenters. The molecule has 1 unspecified atom stereocenters. The van der Waals surface area contributed by atoms with Crippen LogP contribution in [-0.4, -0.2) is 18.5 Å². The second kappa shape index (κ2) is 2.18. The van der Waals surface area contributed by atoms with Gasteiger partial charge in [0.2, 0.25) is 0 Å². The van der Waals surface area contributed by atoms with E-state index in [4.69, 9.17) is 12.6 Å². The van der Waals surface area contributed by atoms with Crippen LogP contribution in [0.5, 0.6) is 0 Å². The lowest BCUT2D eigenvalue weighted by atomic mass is 10.8. The maximum absolute atomic E-state index is 4.78. The maximum atomic E-state index is 4.78. The van der Waals surface area contributed by atoms with Gasteiger partial charge in [0.15, 0.2) is 0 Å². The first kappa shape index (κ1) is 4.93. The standard InChI is InChI=1S/C3H6N3S/c7-3-5-1-4-2-6-3/h1,3,6H,2H2,(H,4,5). The van der Waals surface area contributed by atoms with Gasteiger partial charge in [-0.1, -0.05) is 0 Å². The average Bonchev–Trinajstić information content (AvgIpc) is 1.69. The van der Waals surface area contributed by atoms with E-state index in [0.717, 1.165) is 0 Å². The van der Waals surface area contributed by atoms with E-state index in [2.05, 4.69) is 15.6 Å². The van der Waals surface area contributed by atoms with Crippen molar-refractivity contribution >= 4 is 19.0 Å². The summed E-state index contributed by atoms with van der Waals surface area (Å²) in [4.78, 5) is 3.81. The Bertz CT molecular complexity index is 82.2. The van der Waals surface area contributed by atoms with Crippen molar-refractivity contribution in [3.05, 3.63) is 0 Å². The van der Waals surface area contributed by atoms with Crippen LogP contribution < -0.4 is 10.6 Å². The lowest BCUT2D eigenvalue weighted by molar-refractivity contribution is 0.617. The molecule has 4 heteroatoms. The Hall–Kier alpha value is -0.220. The number of rotatable bonds is 0. The van der Waals surface area contributed by atoms with Crippen LogP contribution in [0.4, 0.5) is 0 Å². The van der Waals surface area contributed by atoms with Crippen molar-refractivity contribution in [2.45, 2.75) is 5.50 Å². The Labute approximate surface area is 47.6 Å². The van der Waals surface area contributed by atoms with Crippen molar-refractivity contribution in [2.24, 2.45) is 4.99 Å². The van der Waals surface area contributed by atoms with Gasteiger partial charge < -0.3 is 5.32 Å². The normalized spacial score (nSPS) is 29.6. The SMILES string of the molecule is [S]C1NC=NCN1. The van der Waals surface area contributed by atoms with Gasteiger partial charge in [-0.15, -0.1) is 0 Å². The van der Waals surface area contributed by atoms with E-state index in [0.29, 0.717) is 6.67 Å². The first-order valence-corrected chi connectivity index (χ1v) is 2.50. The molecule has 0 amide bonds. The van der Waals surface area contributed by atoms with E-state index in [1.54, 1.807) is 6.34 Å². The van der Waals surface area contributed by atoms with Gasteiger partial charge in [-0.25, -0.2) is 0 Å². The van der Waals surface area contributed by atoms with Gasteiger partial charge in [-0.3, -0.25) is 10.3 Å². The molecule has 0 aromatic rings. The first-order valence-electron chi connectivity index (χ1n) is 2.03. The highest BCUT2D eigenvalue weighted by molar-refractivity contribution is 7.80. The van der Waals surface area contributed by atoms with Gasteiger partial charge in [-0.2, -0.15) is 0 Å². The molecular weight excluding hydrogens is 110 g/mol. The van der Waals surface area contributed by atoms with Gasteiger partial charge in [0.05, 0.1) is 13.0 Å². The van der Waals surface area contributed by atoms with Crippen LogP contribution in [0.25, 0.3) is 0 Å². The lowest BCUT2D eigenvalue weighted by Crippen LogP contribution is -2.40. The van der Waals surface area contributed by atoms with Crippen LogP contribution in [0.1, 0.15) is 0 Å². The molecule has 0 saturated heterocycles. The summed E-state index contributed by atoms with van der Waals surface area (Å²) < 4.78 is 0. The van der Waals surface area contributed by atoms with Crippen LogP contribution >= 0.6 is 12.6 Å². The van der Waals surface area contributed by atoms with Gasteiger partial charge in [-0.05, 0) is 12.6 Å². The summed E-state index contributed by atoms with van der Waals surface area (Å²) in [6.45, 7) is 0.640. The molecular formula is C3H6N3S. The Morgan fingerprint density at radius 1 is 1.86 bits per heavy atom. The highest BCUT2D eigenvalue weighted by Crippen LogP contribution is 1.83. The number of nitrogens with one attached hydrogen (secondary N) is 2. The average molecular weight is 116 g/mol. The summed E-state index contributed by atoms with van der Waals surface area (Å²) in [6.07, 6.45) is 1.62. The van der Waals surface area contributed by atoms with Crippen molar-refractivity contribution < 1.29 is 0 Å². The van der Waals surface area contributed by atoms with Crippen molar-refractivity contribution in [2.75, 3.05) is 6.67 Å². The molecule has 39 valence electrons. The molecule has 1 aliphatic rings. The Kier molecular flexibility index (Phi) is 1.54. The number of hydrogen-bond donors (Lipinski definition) is 2. The van der Waals surface area contributed by atoms with Gasteiger partial charge >= 0.3 is 0 Å². The molecule has 2 N–H and O–H groups in total. The summed E-state index contributed by atoms with van der Waals surface area (Å²) >= 11 is 4.78. The molecule has 0 bridgehead atoms. The van der Waals surface area contributed by atoms with E-state index >= 15 is 0 Å². The molecule has 0 saturated carbocycles. The molecule has 1 radical (unpaired) electrons. The molecule has 1 aliphatic heterocycles. The maximum Gasteiger partial charge on any atom is 0.138 e.